The Bertz CT molecular complexity index is 496. The normalized spacial score (nSPS) is 28.5. The summed E-state index contributed by atoms with van der Waals surface area (Å²) in [4.78, 5) is 4.91. The van der Waals surface area contributed by atoms with Crippen molar-refractivity contribution in [1.29, 1.82) is 0 Å². The third-order valence-electron chi connectivity index (χ3n) is 7.17. The van der Waals surface area contributed by atoms with Crippen molar-refractivity contribution in [2.75, 3.05) is 40.0 Å². The third kappa shape index (κ3) is 4.02. The van der Waals surface area contributed by atoms with Crippen molar-refractivity contribution in [2.24, 2.45) is 11.3 Å². The Balaban J connectivity index is 2.43. The van der Waals surface area contributed by atoms with E-state index in [1.165, 1.54) is 24.1 Å². The second-order valence-corrected chi connectivity index (χ2v) is 8.03. The van der Waals surface area contributed by atoms with Gasteiger partial charge in [0.1, 0.15) is 0 Å². The van der Waals surface area contributed by atoms with Crippen molar-refractivity contribution in [3.63, 3.8) is 0 Å². The van der Waals surface area contributed by atoms with Gasteiger partial charge in [0.25, 0.3) is 0 Å². The van der Waals surface area contributed by atoms with Crippen molar-refractivity contribution in [3.8, 4) is 0 Å². The number of likely N-dealkylation sites (N-methyl/N-ethyl adjacent to an activating group) is 1. The van der Waals surface area contributed by atoms with Crippen molar-refractivity contribution < 1.29 is 9.47 Å². The minimum atomic E-state index is 0.158. The molecule has 1 aliphatic carbocycles. The predicted octanol–water partition coefficient (Wildman–Crippen LogP) is 4.29. The summed E-state index contributed by atoms with van der Waals surface area (Å²) in [5.41, 5.74) is 3.09. The molecule has 1 heterocycles. The first-order valence-electron chi connectivity index (χ1n) is 10.4. The maximum Gasteiger partial charge on any atom is 0.0607 e. The zero-order valence-corrected chi connectivity index (χ0v) is 17.9. The van der Waals surface area contributed by atoms with E-state index in [4.69, 9.17) is 9.47 Å². The number of rotatable bonds is 9. The van der Waals surface area contributed by atoms with Crippen LogP contribution in [0.25, 0.3) is 0 Å². The van der Waals surface area contributed by atoms with E-state index in [0.717, 1.165) is 39.3 Å². The molecule has 4 nitrogen and oxygen atoms in total. The van der Waals surface area contributed by atoms with Gasteiger partial charge in [0.2, 0.25) is 0 Å². The summed E-state index contributed by atoms with van der Waals surface area (Å²) in [6.07, 6.45) is 5.99. The Kier molecular flexibility index (Phi) is 7.75. The number of allylic oxidation sites excluding steroid dienone is 1. The van der Waals surface area contributed by atoms with E-state index < -0.39 is 0 Å². The van der Waals surface area contributed by atoms with E-state index in [0.29, 0.717) is 18.1 Å². The molecule has 0 N–H and O–H groups in total. The molecule has 0 radical (unpaired) electrons. The lowest BCUT2D eigenvalue weighted by Crippen LogP contribution is -2.49. The van der Waals surface area contributed by atoms with Gasteiger partial charge in [0.05, 0.1) is 19.3 Å². The fourth-order valence-electron chi connectivity index (χ4n) is 4.88. The Morgan fingerprint density at radius 3 is 2.42 bits per heavy atom. The average molecular weight is 365 g/mol. The van der Waals surface area contributed by atoms with Crippen LogP contribution < -0.4 is 0 Å². The molecule has 2 fully saturated rings. The van der Waals surface area contributed by atoms with Gasteiger partial charge < -0.3 is 14.4 Å². The number of morpholine rings is 1. The highest BCUT2D eigenvalue weighted by atomic mass is 16.5. The van der Waals surface area contributed by atoms with Crippen LogP contribution in [0.4, 0.5) is 0 Å². The molecule has 2 rings (SSSR count). The molecule has 0 amide bonds. The molecule has 4 heteroatoms. The van der Waals surface area contributed by atoms with Crippen molar-refractivity contribution in [1.82, 2.24) is 9.80 Å². The van der Waals surface area contributed by atoms with Crippen LogP contribution in [-0.2, 0) is 9.47 Å². The minimum Gasteiger partial charge on any atom is -0.381 e. The first-order valence-corrected chi connectivity index (χ1v) is 10.4. The van der Waals surface area contributed by atoms with Crippen LogP contribution in [0.2, 0.25) is 0 Å². The molecule has 1 saturated carbocycles. The maximum absolute atomic E-state index is 5.78. The summed E-state index contributed by atoms with van der Waals surface area (Å²) in [5.74, 6) is 0.605. The van der Waals surface area contributed by atoms with Crippen LogP contribution in [-0.4, -0.2) is 61.9 Å². The molecule has 150 valence electrons. The number of nitrogens with zero attached hydrogens (tertiary/aromatic N) is 2. The zero-order chi connectivity index (χ0) is 19.3. The molecule has 2 aliphatic rings. The molecular formula is C22H40N2O2. The molecule has 0 aromatic carbocycles. The minimum absolute atomic E-state index is 0.158. The fraction of sp³-hybridized carbons (Fsp3) is 0.818. The van der Waals surface area contributed by atoms with Crippen LogP contribution in [0.5, 0.6) is 0 Å². The second-order valence-electron chi connectivity index (χ2n) is 8.03. The highest BCUT2D eigenvalue weighted by Crippen LogP contribution is 2.51. The molecule has 1 aliphatic heterocycles. The summed E-state index contributed by atoms with van der Waals surface area (Å²) in [5, 5.41) is 0. The summed E-state index contributed by atoms with van der Waals surface area (Å²) in [6.45, 7) is 20.4. The lowest BCUT2D eigenvalue weighted by Gasteiger charge is -2.50. The highest BCUT2D eigenvalue weighted by molar-refractivity contribution is 5.27. The molecule has 0 spiro atoms. The van der Waals surface area contributed by atoms with E-state index in [2.05, 4.69) is 51.0 Å². The summed E-state index contributed by atoms with van der Waals surface area (Å²) < 4.78 is 11.4. The molecule has 0 aromatic rings. The topological polar surface area (TPSA) is 24.9 Å². The second kappa shape index (κ2) is 9.38. The van der Waals surface area contributed by atoms with Crippen molar-refractivity contribution in [3.05, 3.63) is 24.0 Å². The summed E-state index contributed by atoms with van der Waals surface area (Å²) in [7, 11) is 1.87. The Labute approximate surface area is 161 Å². The van der Waals surface area contributed by atoms with Gasteiger partial charge >= 0.3 is 0 Å². The monoisotopic (exact) mass is 364 g/mol. The SMILES string of the molecule is C=CN(CC)/C(=C(/C)C(C)(CC)[C@H]1CC[C@@H]1OC)C(C)N1CCOCC1. The van der Waals surface area contributed by atoms with Gasteiger partial charge in [-0.05, 0) is 63.1 Å². The first kappa shape index (κ1) is 21.5. The Hall–Kier alpha value is -0.840. The zero-order valence-electron chi connectivity index (χ0n) is 17.9. The van der Waals surface area contributed by atoms with Gasteiger partial charge in [-0.15, -0.1) is 0 Å². The van der Waals surface area contributed by atoms with Gasteiger partial charge in [0, 0.05) is 38.5 Å². The van der Waals surface area contributed by atoms with Gasteiger partial charge in [-0.2, -0.15) is 0 Å². The number of methoxy groups -OCH3 is 1. The van der Waals surface area contributed by atoms with Gasteiger partial charge in [0.15, 0.2) is 0 Å². The van der Waals surface area contributed by atoms with E-state index in [-0.39, 0.29) is 5.41 Å². The molecule has 26 heavy (non-hydrogen) atoms. The predicted molar refractivity (Wildman–Crippen MR) is 109 cm³/mol. The summed E-state index contributed by atoms with van der Waals surface area (Å²) in [6, 6.07) is 0.365. The molecular weight excluding hydrogens is 324 g/mol. The quantitative estimate of drug-likeness (QED) is 0.609. The first-order chi connectivity index (χ1) is 12.4. The maximum atomic E-state index is 5.78. The lowest BCUT2D eigenvalue weighted by molar-refractivity contribution is -0.0658. The molecule has 1 saturated heterocycles. The molecule has 4 atom stereocenters. The number of ether oxygens (including phenoxy) is 2. The number of hydrogen-bond donors (Lipinski definition) is 0. The third-order valence-corrected chi connectivity index (χ3v) is 7.17. The molecule has 0 bridgehead atoms. The highest BCUT2D eigenvalue weighted by Gasteiger charge is 2.46. The Morgan fingerprint density at radius 1 is 1.35 bits per heavy atom. The van der Waals surface area contributed by atoms with Gasteiger partial charge in [-0.25, -0.2) is 0 Å². The fourth-order valence-corrected chi connectivity index (χ4v) is 4.88. The van der Waals surface area contributed by atoms with Crippen LogP contribution in [0.3, 0.4) is 0 Å². The van der Waals surface area contributed by atoms with E-state index in [1.54, 1.807) is 0 Å². The average Bonchev–Trinajstić information content (AvgIpc) is 2.65. The van der Waals surface area contributed by atoms with Crippen LogP contribution in [0.15, 0.2) is 24.0 Å². The van der Waals surface area contributed by atoms with Crippen LogP contribution in [0, 0.1) is 11.3 Å². The standard InChI is InChI=1S/C22H40N2O2/c1-8-22(6,19-11-12-20(19)25-7)17(4)21(23(9-2)10-3)18(5)24-13-15-26-16-14-24/h9,18-20H,2,8,10-16H2,1,3-7H3/b21-17-/t18?,19-,20-,22?/m0/s1. The van der Waals surface area contributed by atoms with Crippen molar-refractivity contribution in [2.45, 2.75) is 66.0 Å². The molecule has 0 aromatic heterocycles. The van der Waals surface area contributed by atoms with E-state index in [9.17, 15) is 0 Å². The largest absolute Gasteiger partial charge is 0.381 e. The van der Waals surface area contributed by atoms with Gasteiger partial charge in [-0.1, -0.05) is 20.4 Å². The smallest absolute Gasteiger partial charge is 0.0607 e. The van der Waals surface area contributed by atoms with Crippen molar-refractivity contribution >= 4 is 0 Å². The van der Waals surface area contributed by atoms with Gasteiger partial charge in [-0.3, -0.25) is 4.90 Å². The lowest BCUT2D eigenvalue weighted by atomic mass is 9.59. The number of hydrogen-bond acceptors (Lipinski definition) is 4. The molecule has 2 unspecified atom stereocenters. The van der Waals surface area contributed by atoms with Crippen LogP contribution >= 0.6 is 0 Å². The van der Waals surface area contributed by atoms with Crippen LogP contribution in [0.1, 0.15) is 53.9 Å². The Morgan fingerprint density at radius 2 is 2.00 bits per heavy atom. The van der Waals surface area contributed by atoms with E-state index >= 15 is 0 Å². The summed E-state index contributed by atoms with van der Waals surface area (Å²) >= 11 is 0. The van der Waals surface area contributed by atoms with E-state index in [1.807, 2.05) is 13.3 Å².